The molecule has 2 aromatic rings. The first-order valence-corrected chi connectivity index (χ1v) is 7.52. The number of nitrogens with two attached hydrogens (primary N) is 1. The molecule has 0 saturated heterocycles. The molecule has 3 rings (SSSR count). The summed E-state index contributed by atoms with van der Waals surface area (Å²) in [5, 5.41) is 21.4. The highest BCUT2D eigenvalue weighted by Crippen LogP contribution is 2.45. The van der Waals surface area contributed by atoms with Crippen LogP contribution in [0.5, 0.6) is 5.88 Å². The lowest BCUT2D eigenvalue weighted by molar-refractivity contribution is 0.378. The molecule has 7 nitrogen and oxygen atoms in total. The van der Waals surface area contributed by atoms with Crippen molar-refractivity contribution in [3.63, 3.8) is 0 Å². The van der Waals surface area contributed by atoms with Crippen LogP contribution in [0.2, 0.25) is 0 Å². The molecule has 0 fully saturated rings. The lowest BCUT2D eigenvalue weighted by Crippen LogP contribution is -2.22. The van der Waals surface area contributed by atoms with Crippen LogP contribution in [-0.4, -0.2) is 20.0 Å². The molecule has 1 aliphatic rings. The summed E-state index contributed by atoms with van der Waals surface area (Å²) in [7, 11) is 1.89. The predicted octanol–water partition coefficient (Wildman–Crippen LogP) is 2.10. The highest BCUT2D eigenvalue weighted by atomic mass is 16.5. The molecule has 0 unspecified atom stereocenters. The zero-order valence-corrected chi connectivity index (χ0v) is 13.9. The molecule has 0 amide bonds. The zero-order chi connectivity index (χ0) is 16.9. The number of nitrogens with one attached hydrogen (secondary N) is 1. The third-order valence-corrected chi connectivity index (χ3v) is 4.40. The van der Waals surface area contributed by atoms with E-state index in [9.17, 15) is 5.26 Å². The molecule has 0 aliphatic carbocycles. The maximum absolute atomic E-state index is 9.65. The Morgan fingerprint density at radius 2 is 2.04 bits per heavy atom. The van der Waals surface area contributed by atoms with E-state index in [1.807, 2.05) is 25.6 Å². The fourth-order valence-corrected chi connectivity index (χ4v) is 3.21. The van der Waals surface area contributed by atoms with Crippen LogP contribution in [0.15, 0.2) is 11.5 Å². The fourth-order valence-electron chi connectivity index (χ4n) is 3.21. The topological polar surface area (TPSA) is 106 Å². The van der Waals surface area contributed by atoms with Gasteiger partial charge in [0.1, 0.15) is 11.6 Å². The van der Waals surface area contributed by atoms with Crippen molar-refractivity contribution in [3.05, 3.63) is 39.7 Å². The molecule has 1 atom stereocenters. The minimum atomic E-state index is -0.311. The lowest BCUT2D eigenvalue weighted by atomic mass is 9.81. The Labute approximate surface area is 134 Å². The summed E-state index contributed by atoms with van der Waals surface area (Å²) >= 11 is 0. The second kappa shape index (κ2) is 5.16. The molecule has 2 aromatic heterocycles. The predicted molar refractivity (Wildman–Crippen MR) is 84.7 cm³/mol. The molecule has 0 saturated carbocycles. The number of nitrogens with zero attached hydrogens (tertiary/aromatic N) is 4. The second-order valence-electron chi connectivity index (χ2n) is 6.14. The molecule has 120 valence electrons. The van der Waals surface area contributed by atoms with Crippen LogP contribution in [0.3, 0.4) is 0 Å². The first-order valence-electron chi connectivity index (χ1n) is 7.52. The number of ether oxygens (including phenoxy) is 1. The third kappa shape index (κ3) is 2.10. The molecule has 7 heteroatoms. The molecule has 1 aliphatic heterocycles. The Balaban J connectivity index is 2.33. The molecule has 0 radical (unpaired) electrons. The molecule has 3 heterocycles. The van der Waals surface area contributed by atoms with Gasteiger partial charge in [0.2, 0.25) is 11.8 Å². The van der Waals surface area contributed by atoms with Gasteiger partial charge in [0.25, 0.3) is 0 Å². The number of aryl methyl sites for hydroxylation is 2. The van der Waals surface area contributed by atoms with Crippen LogP contribution < -0.4 is 10.5 Å². The van der Waals surface area contributed by atoms with Crippen molar-refractivity contribution in [3.8, 4) is 11.9 Å². The Morgan fingerprint density at radius 1 is 1.35 bits per heavy atom. The molecule has 0 aromatic carbocycles. The minimum absolute atomic E-state index is 0.106. The summed E-state index contributed by atoms with van der Waals surface area (Å²) in [5.74, 6) is 0.454. The SMILES string of the molecule is Cc1nn(C)c(C)c1[C@H]1C(C#N)=C(N)Oc2n[nH]c(C(C)C)c21. The third-order valence-electron chi connectivity index (χ3n) is 4.40. The van der Waals surface area contributed by atoms with Crippen molar-refractivity contribution >= 4 is 0 Å². The van der Waals surface area contributed by atoms with Gasteiger partial charge in [-0.1, -0.05) is 13.8 Å². The molecular weight excluding hydrogens is 292 g/mol. The number of H-pyrrole nitrogens is 1. The Kier molecular flexibility index (Phi) is 3.40. The van der Waals surface area contributed by atoms with Crippen LogP contribution in [0.25, 0.3) is 0 Å². The molecule has 23 heavy (non-hydrogen) atoms. The van der Waals surface area contributed by atoms with Crippen molar-refractivity contribution in [1.29, 1.82) is 5.26 Å². The van der Waals surface area contributed by atoms with Crippen LogP contribution in [0.1, 0.15) is 53.9 Å². The van der Waals surface area contributed by atoms with E-state index in [0.29, 0.717) is 11.5 Å². The first kappa shape index (κ1) is 15.2. The van der Waals surface area contributed by atoms with Gasteiger partial charge in [0.15, 0.2) is 0 Å². The van der Waals surface area contributed by atoms with Gasteiger partial charge in [0, 0.05) is 24.0 Å². The summed E-state index contributed by atoms with van der Waals surface area (Å²) < 4.78 is 7.39. The Morgan fingerprint density at radius 3 is 2.57 bits per heavy atom. The van der Waals surface area contributed by atoms with E-state index in [0.717, 1.165) is 28.2 Å². The van der Waals surface area contributed by atoms with Gasteiger partial charge >= 0.3 is 0 Å². The smallest absolute Gasteiger partial charge is 0.244 e. The summed E-state index contributed by atoms with van der Waals surface area (Å²) in [6, 6.07) is 2.21. The van der Waals surface area contributed by atoms with Crippen molar-refractivity contribution in [2.45, 2.75) is 39.5 Å². The van der Waals surface area contributed by atoms with Gasteiger partial charge in [-0.2, -0.15) is 10.4 Å². The molecule has 0 bridgehead atoms. The van der Waals surface area contributed by atoms with Crippen molar-refractivity contribution in [1.82, 2.24) is 20.0 Å². The van der Waals surface area contributed by atoms with Crippen molar-refractivity contribution in [2.24, 2.45) is 12.8 Å². The van der Waals surface area contributed by atoms with E-state index in [1.165, 1.54) is 0 Å². The normalized spacial score (nSPS) is 17.2. The summed E-state index contributed by atoms with van der Waals surface area (Å²) in [5.41, 5.74) is 11.1. The Hall–Kier alpha value is -2.75. The monoisotopic (exact) mass is 312 g/mol. The Bertz CT molecular complexity index is 849. The largest absolute Gasteiger partial charge is 0.420 e. The number of hydrogen-bond donors (Lipinski definition) is 2. The average molecular weight is 312 g/mol. The second-order valence-corrected chi connectivity index (χ2v) is 6.14. The van der Waals surface area contributed by atoms with Crippen molar-refractivity contribution < 1.29 is 4.74 Å². The standard InChI is InChI=1S/C16H20N6O/c1-7(2)14-13-12(11-8(3)21-22(5)9(11)4)10(6-17)15(18)23-16(13)20-19-14/h7,12H,18H2,1-5H3,(H,19,20)/t12-/m1/s1. The fraction of sp³-hybridized carbons (Fsp3) is 0.438. The number of aromatic nitrogens is 4. The van der Waals surface area contributed by atoms with E-state index in [2.05, 4.69) is 35.2 Å². The van der Waals surface area contributed by atoms with E-state index in [-0.39, 0.29) is 17.7 Å². The van der Waals surface area contributed by atoms with Gasteiger partial charge in [0.05, 0.1) is 17.2 Å². The summed E-state index contributed by atoms with van der Waals surface area (Å²) in [4.78, 5) is 0. The van der Waals surface area contributed by atoms with Crippen LogP contribution in [-0.2, 0) is 7.05 Å². The highest BCUT2D eigenvalue weighted by Gasteiger charge is 2.38. The summed E-state index contributed by atoms with van der Waals surface area (Å²) in [6.45, 7) is 8.08. The van der Waals surface area contributed by atoms with Crippen LogP contribution >= 0.6 is 0 Å². The van der Waals surface area contributed by atoms with Gasteiger partial charge in [-0.3, -0.25) is 9.78 Å². The average Bonchev–Trinajstić information content (AvgIpc) is 3.00. The number of allylic oxidation sites excluding steroid dienone is 1. The van der Waals surface area contributed by atoms with E-state index in [1.54, 1.807) is 0 Å². The number of aromatic amines is 1. The molecular formula is C16H20N6O. The molecule has 3 N–H and O–H groups in total. The van der Waals surface area contributed by atoms with E-state index >= 15 is 0 Å². The number of nitriles is 1. The zero-order valence-electron chi connectivity index (χ0n) is 13.9. The lowest BCUT2D eigenvalue weighted by Gasteiger charge is -2.25. The van der Waals surface area contributed by atoms with Crippen LogP contribution in [0, 0.1) is 25.2 Å². The van der Waals surface area contributed by atoms with E-state index < -0.39 is 0 Å². The number of fused-ring (bicyclic) bond motifs is 1. The molecule has 0 spiro atoms. The number of hydrogen-bond acceptors (Lipinski definition) is 5. The highest BCUT2D eigenvalue weighted by molar-refractivity contribution is 5.57. The van der Waals surface area contributed by atoms with E-state index in [4.69, 9.17) is 10.5 Å². The minimum Gasteiger partial charge on any atom is -0.420 e. The summed E-state index contributed by atoms with van der Waals surface area (Å²) in [6.07, 6.45) is 0. The quantitative estimate of drug-likeness (QED) is 0.883. The van der Waals surface area contributed by atoms with Gasteiger partial charge in [-0.15, -0.1) is 5.10 Å². The van der Waals surface area contributed by atoms with Crippen molar-refractivity contribution in [2.75, 3.05) is 0 Å². The van der Waals surface area contributed by atoms with Gasteiger partial charge in [-0.05, 0) is 19.8 Å². The maximum Gasteiger partial charge on any atom is 0.244 e. The first-order chi connectivity index (χ1) is 10.9. The van der Waals surface area contributed by atoms with Gasteiger partial charge < -0.3 is 10.5 Å². The van der Waals surface area contributed by atoms with Crippen LogP contribution in [0.4, 0.5) is 0 Å². The number of rotatable bonds is 2. The maximum atomic E-state index is 9.65. The van der Waals surface area contributed by atoms with Gasteiger partial charge in [-0.25, -0.2) is 0 Å².